The summed E-state index contributed by atoms with van der Waals surface area (Å²) in [5.74, 6) is 0.737. The van der Waals surface area contributed by atoms with Crippen LogP contribution in [-0.2, 0) is 11.2 Å². The van der Waals surface area contributed by atoms with Gasteiger partial charge >= 0.3 is 0 Å². The van der Waals surface area contributed by atoms with E-state index in [1.54, 1.807) is 24.5 Å². The van der Waals surface area contributed by atoms with Crippen LogP contribution < -0.4 is 5.32 Å². The summed E-state index contributed by atoms with van der Waals surface area (Å²) in [6.45, 7) is 3.87. The third-order valence-corrected chi connectivity index (χ3v) is 3.97. The summed E-state index contributed by atoms with van der Waals surface area (Å²) in [6.07, 6.45) is 3.90. The van der Waals surface area contributed by atoms with Crippen molar-refractivity contribution in [3.8, 4) is 11.4 Å². The molecule has 3 rings (SSSR count). The fourth-order valence-electron chi connectivity index (χ4n) is 2.47. The van der Waals surface area contributed by atoms with Crippen molar-refractivity contribution in [1.29, 1.82) is 0 Å². The van der Waals surface area contributed by atoms with Crippen LogP contribution in [0.25, 0.3) is 11.4 Å². The molecule has 1 amide bonds. The largest absolute Gasteiger partial charge is 0.339 e. The van der Waals surface area contributed by atoms with E-state index in [0.29, 0.717) is 28.8 Å². The van der Waals surface area contributed by atoms with Gasteiger partial charge in [-0.1, -0.05) is 22.8 Å². The third kappa shape index (κ3) is 4.22. The number of rotatable bonds is 5. The third-order valence-electron chi connectivity index (χ3n) is 3.67. The number of hydrogen-bond acceptors (Lipinski definition) is 5. The van der Waals surface area contributed by atoms with Gasteiger partial charge in [0, 0.05) is 30.8 Å². The summed E-state index contributed by atoms with van der Waals surface area (Å²) in [4.78, 5) is 20.4. The topological polar surface area (TPSA) is 80.9 Å². The second-order valence-electron chi connectivity index (χ2n) is 5.73. The molecule has 6 nitrogen and oxygen atoms in total. The zero-order valence-electron chi connectivity index (χ0n) is 13.9. The van der Waals surface area contributed by atoms with E-state index in [1.165, 1.54) is 0 Å². The molecule has 1 aromatic carbocycles. The quantitative estimate of drug-likeness (QED) is 0.748. The van der Waals surface area contributed by atoms with Crippen molar-refractivity contribution in [3.05, 3.63) is 58.7 Å². The van der Waals surface area contributed by atoms with Crippen LogP contribution in [0.1, 0.15) is 23.4 Å². The van der Waals surface area contributed by atoms with E-state index in [0.717, 1.165) is 16.7 Å². The molecule has 128 valence electrons. The van der Waals surface area contributed by atoms with E-state index >= 15 is 0 Å². The minimum Gasteiger partial charge on any atom is -0.339 e. The number of carbonyl (C=O) groups is 1. The van der Waals surface area contributed by atoms with Gasteiger partial charge in [0.15, 0.2) is 0 Å². The van der Waals surface area contributed by atoms with Crippen molar-refractivity contribution >= 4 is 23.2 Å². The van der Waals surface area contributed by atoms with Gasteiger partial charge in [-0.2, -0.15) is 4.98 Å². The molecule has 0 bridgehead atoms. The highest BCUT2D eigenvalue weighted by Crippen LogP contribution is 2.27. The van der Waals surface area contributed by atoms with E-state index in [-0.39, 0.29) is 12.3 Å². The smallest absolute Gasteiger partial charge is 0.227 e. The average molecular weight is 357 g/mol. The number of hydrogen-bond donors (Lipinski definition) is 1. The number of anilines is 1. The number of pyridine rings is 1. The first kappa shape index (κ1) is 17.1. The predicted molar refractivity (Wildman–Crippen MR) is 95.4 cm³/mol. The van der Waals surface area contributed by atoms with Gasteiger partial charge in [-0.05, 0) is 43.2 Å². The van der Waals surface area contributed by atoms with E-state index in [1.807, 2.05) is 26.0 Å². The second-order valence-corrected chi connectivity index (χ2v) is 6.14. The van der Waals surface area contributed by atoms with Gasteiger partial charge in [0.1, 0.15) is 0 Å². The molecule has 0 aliphatic carbocycles. The molecule has 0 aliphatic heterocycles. The van der Waals surface area contributed by atoms with Gasteiger partial charge in [-0.25, -0.2) is 0 Å². The Morgan fingerprint density at radius 2 is 2.00 bits per heavy atom. The lowest BCUT2D eigenvalue weighted by Gasteiger charge is -2.11. The maximum Gasteiger partial charge on any atom is 0.227 e. The Hall–Kier alpha value is -2.73. The first-order valence-corrected chi connectivity index (χ1v) is 8.20. The van der Waals surface area contributed by atoms with Gasteiger partial charge in [-0.15, -0.1) is 0 Å². The van der Waals surface area contributed by atoms with Gasteiger partial charge in [0.2, 0.25) is 17.6 Å². The minimum atomic E-state index is -0.155. The Morgan fingerprint density at radius 1 is 1.24 bits per heavy atom. The summed E-state index contributed by atoms with van der Waals surface area (Å²) in [5.41, 5.74) is 3.43. The number of nitrogens with one attached hydrogen (secondary N) is 1. The van der Waals surface area contributed by atoms with E-state index in [9.17, 15) is 4.79 Å². The lowest BCUT2D eigenvalue weighted by Crippen LogP contribution is -2.13. The second kappa shape index (κ2) is 7.44. The van der Waals surface area contributed by atoms with Crippen molar-refractivity contribution < 1.29 is 9.32 Å². The van der Waals surface area contributed by atoms with E-state index in [4.69, 9.17) is 16.1 Å². The summed E-state index contributed by atoms with van der Waals surface area (Å²) in [7, 11) is 0. The molecule has 2 aromatic heterocycles. The molecule has 0 fully saturated rings. The van der Waals surface area contributed by atoms with Crippen LogP contribution >= 0.6 is 11.6 Å². The van der Waals surface area contributed by atoms with Crippen LogP contribution in [0.2, 0.25) is 5.02 Å². The number of halogens is 1. The summed E-state index contributed by atoms with van der Waals surface area (Å²) in [6, 6.07) is 7.39. The monoisotopic (exact) mass is 356 g/mol. The first-order chi connectivity index (χ1) is 12.0. The maximum atomic E-state index is 12.2. The number of aromatic nitrogens is 3. The molecule has 0 saturated heterocycles. The molecular weight excluding hydrogens is 340 g/mol. The summed E-state index contributed by atoms with van der Waals surface area (Å²) in [5, 5.41) is 7.30. The standard InChI is InChI=1S/C18H17ClN4O2/c1-11-9-12(2)17(14(19)10-11)21-15(24)3-4-16-22-18(23-25-16)13-5-7-20-8-6-13/h5-10H,3-4H2,1-2H3,(H,21,24). The zero-order valence-corrected chi connectivity index (χ0v) is 14.7. The molecule has 0 atom stereocenters. The van der Waals surface area contributed by atoms with Crippen LogP contribution in [0.5, 0.6) is 0 Å². The van der Waals surface area contributed by atoms with Crippen LogP contribution in [0, 0.1) is 13.8 Å². The van der Waals surface area contributed by atoms with Gasteiger partial charge in [0.25, 0.3) is 0 Å². The van der Waals surface area contributed by atoms with E-state index < -0.39 is 0 Å². The molecule has 0 spiro atoms. The first-order valence-electron chi connectivity index (χ1n) is 7.82. The Morgan fingerprint density at radius 3 is 2.72 bits per heavy atom. The number of amides is 1. The van der Waals surface area contributed by atoms with Crippen molar-refractivity contribution in [2.45, 2.75) is 26.7 Å². The molecule has 7 heteroatoms. The number of aryl methyl sites for hydroxylation is 3. The normalized spacial score (nSPS) is 10.7. The highest BCUT2D eigenvalue weighted by atomic mass is 35.5. The van der Waals surface area contributed by atoms with Crippen molar-refractivity contribution in [2.24, 2.45) is 0 Å². The molecule has 0 unspecified atom stereocenters. The minimum absolute atomic E-state index is 0.155. The zero-order chi connectivity index (χ0) is 17.8. The van der Waals surface area contributed by atoms with Gasteiger partial charge in [0.05, 0.1) is 10.7 Å². The fourth-order valence-corrected chi connectivity index (χ4v) is 2.84. The van der Waals surface area contributed by atoms with Crippen LogP contribution in [0.4, 0.5) is 5.69 Å². The van der Waals surface area contributed by atoms with E-state index in [2.05, 4.69) is 20.4 Å². The number of nitrogens with zero attached hydrogens (tertiary/aromatic N) is 3. The maximum absolute atomic E-state index is 12.2. The molecule has 1 N–H and O–H groups in total. The van der Waals surface area contributed by atoms with Crippen molar-refractivity contribution in [3.63, 3.8) is 0 Å². The van der Waals surface area contributed by atoms with Gasteiger partial charge < -0.3 is 9.84 Å². The molecular formula is C18H17ClN4O2. The van der Waals surface area contributed by atoms with Gasteiger partial charge in [-0.3, -0.25) is 9.78 Å². The predicted octanol–water partition coefficient (Wildman–Crippen LogP) is 3.97. The molecule has 3 aromatic rings. The Labute approximate surface area is 150 Å². The SMILES string of the molecule is Cc1cc(C)c(NC(=O)CCc2nc(-c3ccncc3)no2)c(Cl)c1. The fraction of sp³-hybridized carbons (Fsp3) is 0.222. The van der Waals surface area contributed by atoms with Crippen LogP contribution in [0.15, 0.2) is 41.2 Å². The van der Waals surface area contributed by atoms with Crippen molar-refractivity contribution in [1.82, 2.24) is 15.1 Å². The lowest BCUT2D eigenvalue weighted by molar-refractivity contribution is -0.116. The Bertz CT molecular complexity index is 870. The summed E-state index contributed by atoms with van der Waals surface area (Å²) >= 11 is 6.21. The highest BCUT2D eigenvalue weighted by Gasteiger charge is 2.13. The number of carbonyl (C=O) groups excluding carboxylic acids is 1. The average Bonchev–Trinajstić information content (AvgIpc) is 3.06. The molecule has 2 heterocycles. The Kier molecular flexibility index (Phi) is 5.09. The number of benzene rings is 1. The molecule has 0 radical (unpaired) electrons. The molecule has 0 saturated carbocycles. The lowest BCUT2D eigenvalue weighted by atomic mass is 10.1. The van der Waals surface area contributed by atoms with Crippen molar-refractivity contribution in [2.75, 3.05) is 5.32 Å². The van der Waals surface area contributed by atoms with Crippen LogP contribution in [-0.4, -0.2) is 21.0 Å². The molecule has 25 heavy (non-hydrogen) atoms. The highest BCUT2D eigenvalue weighted by molar-refractivity contribution is 6.34. The Balaban J connectivity index is 1.61. The molecule has 0 aliphatic rings. The van der Waals surface area contributed by atoms with Crippen LogP contribution in [0.3, 0.4) is 0 Å². The summed E-state index contributed by atoms with van der Waals surface area (Å²) < 4.78 is 5.20.